The molecule has 4 rings (SSSR count). The highest BCUT2D eigenvalue weighted by Crippen LogP contribution is 2.27. The average molecular weight is 383 g/mol. The van der Waals surface area contributed by atoms with Crippen LogP contribution in [0.15, 0.2) is 48.5 Å². The van der Waals surface area contributed by atoms with Gasteiger partial charge in [-0.15, -0.1) is 0 Å². The molecule has 1 fully saturated rings. The van der Waals surface area contributed by atoms with Crippen LogP contribution < -0.4 is 10.1 Å². The maximum absolute atomic E-state index is 12.1. The summed E-state index contributed by atoms with van der Waals surface area (Å²) in [6.07, 6.45) is 0. The molecule has 27 heavy (non-hydrogen) atoms. The van der Waals surface area contributed by atoms with Gasteiger partial charge in [-0.05, 0) is 29.8 Å². The molecule has 1 amide bonds. The number of fused-ring (bicyclic) bond motifs is 1. The number of carbonyl (C=O) groups excluding carboxylic acids is 1. The smallest absolute Gasteiger partial charge is 0.264 e. The van der Waals surface area contributed by atoms with Crippen molar-refractivity contribution in [1.82, 2.24) is 9.88 Å². The standard InChI is InChI=1S/C20H21N3O3S/c24-19(14-26-16-4-2-1-3-5-16)22-20-21-17-7-6-15(12-18(17)27-20)13-23-8-10-25-11-9-23/h1-7,12H,8-11,13-14H2,(H,21,22,24). The molecule has 1 aromatic heterocycles. The second kappa shape index (κ2) is 8.47. The lowest BCUT2D eigenvalue weighted by molar-refractivity contribution is -0.118. The maximum atomic E-state index is 12.1. The summed E-state index contributed by atoms with van der Waals surface area (Å²) in [7, 11) is 0. The molecule has 1 saturated heterocycles. The number of hydrogen-bond donors (Lipinski definition) is 1. The fraction of sp³-hybridized carbons (Fsp3) is 0.300. The number of nitrogens with one attached hydrogen (secondary N) is 1. The van der Waals surface area contributed by atoms with E-state index in [0.717, 1.165) is 43.1 Å². The van der Waals surface area contributed by atoms with Crippen LogP contribution in [0.4, 0.5) is 5.13 Å². The third-order valence-corrected chi connectivity index (χ3v) is 5.26. The fourth-order valence-corrected chi connectivity index (χ4v) is 3.90. The van der Waals surface area contributed by atoms with E-state index in [1.54, 1.807) is 0 Å². The van der Waals surface area contributed by atoms with E-state index < -0.39 is 0 Å². The van der Waals surface area contributed by atoms with Crippen molar-refractivity contribution in [3.63, 3.8) is 0 Å². The number of benzene rings is 2. The Bertz CT molecular complexity index is 907. The van der Waals surface area contributed by atoms with Crippen LogP contribution in [0.25, 0.3) is 10.2 Å². The largest absolute Gasteiger partial charge is 0.484 e. The average Bonchev–Trinajstić information content (AvgIpc) is 3.09. The Morgan fingerprint density at radius 2 is 2.00 bits per heavy atom. The molecular weight excluding hydrogens is 362 g/mol. The molecule has 0 aliphatic carbocycles. The molecule has 1 aliphatic rings. The van der Waals surface area contributed by atoms with Crippen LogP contribution in [0.3, 0.4) is 0 Å². The normalized spacial score (nSPS) is 15.0. The summed E-state index contributed by atoms with van der Waals surface area (Å²) in [5.74, 6) is 0.455. The Morgan fingerprint density at radius 1 is 1.19 bits per heavy atom. The third kappa shape index (κ3) is 4.82. The highest BCUT2D eigenvalue weighted by atomic mass is 32.1. The van der Waals surface area contributed by atoms with Gasteiger partial charge in [0, 0.05) is 19.6 Å². The maximum Gasteiger partial charge on any atom is 0.264 e. The van der Waals surface area contributed by atoms with Crippen LogP contribution in [0, 0.1) is 0 Å². The minimum Gasteiger partial charge on any atom is -0.484 e. The first-order valence-corrected chi connectivity index (χ1v) is 9.75. The summed E-state index contributed by atoms with van der Waals surface area (Å²) in [6, 6.07) is 15.5. The summed E-state index contributed by atoms with van der Waals surface area (Å²) in [4.78, 5) is 19.0. The number of aromatic nitrogens is 1. The fourth-order valence-electron chi connectivity index (χ4n) is 2.96. The Balaban J connectivity index is 1.36. The second-order valence-electron chi connectivity index (χ2n) is 6.36. The summed E-state index contributed by atoms with van der Waals surface area (Å²) in [6.45, 7) is 4.38. The van der Waals surface area contributed by atoms with E-state index in [1.807, 2.05) is 36.4 Å². The van der Waals surface area contributed by atoms with Gasteiger partial charge in [0.2, 0.25) is 0 Å². The number of ether oxygens (including phenoxy) is 2. The molecule has 0 radical (unpaired) electrons. The number of amides is 1. The van der Waals surface area contributed by atoms with Crippen molar-refractivity contribution in [2.45, 2.75) is 6.54 Å². The zero-order valence-corrected chi connectivity index (χ0v) is 15.7. The number of carbonyl (C=O) groups is 1. The zero-order valence-electron chi connectivity index (χ0n) is 14.9. The summed E-state index contributed by atoms with van der Waals surface area (Å²) in [5, 5.41) is 3.41. The number of nitrogens with zero attached hydrogens (tertiary/aromatic N) is 2. The molecule has 2 aromatic carbocycles. The molecular formula is C20H21N3O3S. The van der Waals surface area contributed by atoms with Crippen LogP contribution in [0.5, 0.6) is 5.75 Å². The molecule has 3 aromatic rings. The molecule has 0 spiro atoms. The van der Waals surface area contributed by atoms with Gasteiger partial charge in [0.15, 0.2) is 11.7 Å². The van der Waals surface area contributed by atoms with Crippen LogP contribution >= 0.6 is 11.3 Å². The van der Waals surface area contributed by atoms with Crippen molar-refractivity contribution >= 4 is 32.6 Å². The zero-order chi connectivity index (χ0) is 18.5. The van der Waals surface area contributed by atoms with E-state index in [2.05, 4.69) is 27.3 Å². The lowest BCUT2D eigenvalue weighted by Crippen LogP contribution is -2.35. The lowest BCUT2D eigenvalue weighted by Gasteiger charge is -2.26. The summed E-state index contributed by atoms with van der Waals surface area (Å²) in [5.41, 5.74) is 2.14. The Labute approximate surface area is 161 Å². The predicted molar refractivity (Wildman–Crippen MR) is 106 cm³/mol. The van der Waals surface area contributed by atoms with Gasteiger partial charge >= 0.3 is 0 Å². The van der Waals surface area contributed by atoms with Crippen molar-refractivity contribution in [1.29, 1.82) is 0 Å². The highest BCUT2D eigenvalue weighted by molar-refractivity contribution is 7.22. The lowest BCUT2D eigenvalue weighted by atomic mass is 10.2. The number of para-hydroxylation sites is 1. The van der Waals surface area contributed by atoms with E-state index in [4.69, 9.17) is 9.47 Å². The highest BCUT2D eigenvalue weighted by Gasteiger charge is 2.13. The van der Waals surface area contributed by atoms with Gasteiger partial charge in [0.25, 0.3) is 5.91 Å². The minimum absolute atomic E-state index is 0.0395. The van der Waals surface area contributed by atoms with Crippen LogP contribution in [-0.2, 0) is 16.1 Å². The molecule has 0 atom stereocenters. The van der Waals surface area contributed by atoms with Crippen LogP contribution in [0.1, 0.15) is 5.56 Å². The second-order valence-corrected chi connectivity index (χ2v) is 7.39. The van der Waals surface area contributed by atoms with Gasteiger partial charge in [-0.1, -0.05) is 35.6 Å². The molecule has 0 saturated carbocycles. The predicted octanol–water partition coefficient (Wildman–Crippen LogP) is 3.15. The van der Waals surface area contributed by atoms with E-state index in [1.165, 1.54) is 16.9 Å². The number of thiazole rings is 1. The van der Waals surface area contributed by atoms with Crippen molar-refractivity contribution in [2.24, 2.45) is 0 Å². The van der Waals surface area contributed by atoms with E-state index in [-0.39, 0.29) is 12.5 Å². The van der Waals surface area contributed by atoms with Gasteiger partial charge < -0.3 is 9.47 Å². The van der Waals surface area contributed by atoms with E-state index >= 15 is 0 Å². The topological polar surface area (TPSA) is 63.7 Å². The molecule has 0 bridgehead atoms. The number of hydrogen-bond acceptors (Lipinski definition) is 6. The minimum atomic E-state index is -0.216. The molecule has 1 aliphatic heterocycles. The van der Waals surface area contributed by atoms with E-state index in [9.17, 15) is 4.79 Å². The molecule has 7 heteroatoms. The van der Waals surface area contributed by atoms with Gasteiger partial charge in [0.1, 0.15) is 5.75 Å². The first-order chi connectivity index (χ1) is 13.3. The third-order valence-electron chi connectivity index (χ3n) is 4.32. The number of anilines is 1. The number of rotatable bonds is 6. The Kier molecular flexibility index (Phi) is 5.62. The monoisotopic (exact) mass is 383 g/mol. The quantitative estimate of drug-likeness (QED) is 0.708. The van der Waals surface area contributed by atoms with Crippen LogP contribution in [0.2, 0.25) is 0 Å². The Hall–Kier alpha value is -2.48. The SMILES string of the molecule is O=C(COc1ccccc1)Nc1nc2ccc(CN3CCOCC3)cc2s1. The molecule has 6 nitrogen and oxygen atoms in total. The van der Waals surface area contributed by atoms with Crippen molar-refractivity contribution in [3.05, 3.63) is 54.1 Å². The van der Waals surface area contributed by atoms with Gasteiger partial charge in [-0.25, -0.2) is 4.98 Å². The Morgan fingerprint density at radius 3 is 2.81 bits per heavy atom. The molecule has 2 heterocycles. The first-order valence-electron chi connectivity index (χ1n) is 8.93. The van der Waals surface area contributed by atoms with Crippen molar-refractivity contribution in [2.75, 3.05) is 38.2 Å². The van der Waals surface area contributed by atoms with Crippen LogP contribution in [-0.4, -0.2) is 48.7 Å². The van der Waals surface area contributed by atoms with Crippen molar-refractivity contribution in [3.8, 4) is 5.75 Å². The molecule has 1 N–H and O–H groups in total. The molecule has 140 valence electrons. The number of morpholine rings is 1. The summed E-state index contributed by atoms with van der Waals surface area (Å²) >= 11 is 1.48. The van der Waals surface area contributed by atoms with Gasteiger partial charge in [-0.3, -0.25) is 15.0 Å². The van der Waals surface area contributed by atoms with Crippen molar-refractivity contribution < 1.29 is 14.3 Å². The van der Waals surface area contributed by atoms with Gasteiger partial charge in [-0.2, -0.15) is 0 Å². The van der Waals surface area contributed by atoms with E-state index in [0.29, 0.717) is 10.9 Å². The molecule has 0 unspecified atom stereocenters. The first kappa shape index (κ1) is 17.9. The summed E-state index contributed by atoms with van der Waals surface area (Å²) < 4.78 is 11.9. The van der Waals surface area contributed by atoms with Gasteiger partial charge in [0.05, 0.1) is 23.4 Å².